The monoisotopic (exact) mass is 717 g/mol. The summed E-state index contributed by atoms with van der Waals surface area (Å²) in [6.07, 6.45) is 63.4. The Balaban J connectivity index is 3.16. The van der Waals surface area contributed by atoms with Crippen LogP contribution in [0.3, 0.4) is 0 Å². The zero-order valence-corrected chi connectivity index (χ0v) is 35.6. The normalized spacial score (nSPS) is 11.6. The molecule has 304 valence electrons. The van der Waals surface area contributed by atoms with E-state index in [-0.39, 0.29) is 5.97 Å². The Morgan fingerprint density at radius 1 is 0.314 bits per heavy atom. The van der Waals surface area contributed by atoms with E-state index in [2.05, 4.69) is 26.0 Å². The van der Waals surface area contributed by atoms with Crippen LogP contribution in [0.2, 0.25) is 0 Å². The summed E-state index contributed by atoms with van der Waals surface area (Å²) in [5.41, 5.74) is 0. The number of carbonyl (C=O) groups excluding carboxylic acids is 1. The van der Waals surface area contributed by atoms with E-state index in [0.717, 1.165) is 12.8 Å². The first-order chi connectivity index (χ1) is 25.3. The van der Waals surface area contributed by atoms with E-state index < -0.39 is 0 Å². The van der Waals surface area contributed by atoms with Crippen molar-refractivity contribution in [3.05, 3.63) is 12.2 Å². The maximum absolute atomic E-state index is 12.0. The van der Waals surface area contributed by atoms with Gasteiger partial charge in [0.25, 0.3) is 0 Å². The molecule has 0 aliphatic carbocycles. The molecule has 0 atom stereocenters. The van der Waals surface area contributed by atoms with Gasteiger partial charge in [-0.05, 0) is 38.5 Å². The minimum atomic E-state index is 0.0297. The van der Waals surface area contributed by atoms with Gasteiger partial charge in [-0.15, -0.1) is 0 Å². The van der Waals surface area contributed by atoms with Crippen LogP contribution < -0.4 is 0 Å². The van der Waals surface area contributed by atoms with Crippen LogP contribution in [0, 0.1) is 0 Å². The predicted molar refractivity (Wildman–Crippen MR) is 230 cm³/mol. The van der Waals surface area contributed by atoms with Crippen LogP contribution in [0.4, 0.5) is 0 Å². The van der Waals surface area contributed by atoms with Gasteiger partial charge in [0.1, 0.15) is 0 Å². The minimum Gasteiger partial charge on any atom is -0.466 e. The van der Waals surface area contributed by atoms with E-state index >= 15 is 0 Å². The molecule has 0 rings (SSSR count). The lowest BCUT2D eigenvalue weighted by Gasteiger charge is -2.06. The van der Waals surface area contributed by atoms with Crippen molar-refractivity contribution in [1.82, 2.24) is 0 Å². The Hall–Kier alpha value is -0.790. The van der Waals surface area contributed by atoms with Crippen molar-refractivity contribution in [3.63, 3.8) is 0 Å². The number of hydrogen-bond donors (Lipinski definition) is 0. The fourth-order valence-corrected chi connectivity index (χ4v) is 7.55. The second-order valence-electron chi connectivity index (χ2n) is 16.5. The van der Waals surface area contributed by atoms with E-state index in [1.54, 1.807) is 0 Å². The molecule has 0 heterocycles. The number of hydrogen-bond acceptors (Lipinski definition) is 2. The Morgan fingerprint density at radius 2 is 0.549 bits per heavy atom. The quantitative estimate of drug-likeness (QED) is 0.0356. The van der Waals surface area contributed by atoms with Gasteiger partial charge in [0.2, 0.25) is 0 Å². The predicted octanol–water partition coefficient (Wildman–Crippen LogP) is 17.9. The van der Waals surface area contributed by atoms with Crippen molar-refractivity contribution in [1.29, 1.82) is 0 Å². The summed E-state index contributed by atoms with van der Waals surface area (Å²) in [7, 11) is 0. The van der Waals surface area contributed by atoms with Crippen LogP contribution in [0.5, 0.6) is 0 Å². The second kappa shape index (κ2) is 47.2. The van der Waals surface area contributed by atoms with Crippen molar-refractivity contribution in [2.45, 2.75) is 290 Å². The van der Waals surface area contributed by atoms with Gasteiger partial charge in [0.05, 0.1) is 6.61 Å². The van der Waals surface area contributed by atoms with Crippen LogP contribution >= 0.6 is 0 Å². The minimum absolute atomic E-state index is 0.0297. The van der Waals surface area contributed by atoms with Crippen LogP contribution in [0.25, 0.3) is 0 Å². The van der Waals surface area contributed by atoms with Crippen molar-refractivity contribution < 1.29 is 9.53 Å². The highest BCUT2D eigenvalue weighted by atomic mass is 16.5. The third kappa shape index (κ3) is 47.2. The van der Waals surface area contributed by atoms with Gasteiger partial charge < -0.3 is 4.74 Å². The molecule has 0 radical (unpaired) electrons. The average molecular weight is 717 g/mol. The van der Waals surface area contributed by atoms with Crippen molar-refractivity contribution in [2.75, 3.05) is 6.61 Å². The molecule has 0 aliphatic heterocycles. The summed E-state index contributed by atoms with van der Waals surface area (Å²) in [5, 5.41) is 0. The van der Waals surface area contributed by atoms with Gasteiger partial charge >= 0.3 is 5.97 Å². The number of carbonyl (C=O) groups is 1. The number of ether oxygens (including phenoxy) is 1. The largest absolute Gasteiger partial charge is 0.466 e. The molecule has 0 aromatic carbocycles. The van der Waals surface area contributed by atoms with Gasteiger partial charge in [-0.1, -0.05) is 257 Å². The lowest BCUT2D eigenvalue weighted by molar-refractivity contribution is -0.143. The molecule has 51 heavy (non-hydrogen) atoms. The fourth-order valence-electron chi connectivity index (χ4n) is 7.55. The molecule has 0 saturated heterocycles. The van der Waals surface area contributed by atoms with E-state index in [9.17, 15) is 4.79 Å². The Labute approximate surface area is 323 Å². The number of unbranched alkanes of at least 4 members (excludes halogenated alkanes) is 39. The highest BCUT2D eigenvalue weighted by molar-refractivity contribution is 5.69. The summed E-state index contributed by atoms with van der Waals surface area (Å²) in [4.78, 5) is 12.0. The first kappa shape index (κ1) is 50.2. The zero-order chi connectivity index (χ0) is 36.8. The molecule has 2 heteroatoms. The number of esters is 1. The highest BCUT2D eigenvalue weighted by Gasteiger charge is 2.03. The molecule has 0 aromatic heterocycles. The van der Waals surface area contributed by atoms with Crippen LogP contribution in [-0.4, -0.2) is 12.6 Å². The van der Waals surface area contributed by atoms with Crippen molar-refractivity contribution in [3.8, 4) is 0 Å². The molecule has 0 unspecified atom stereocenters. The maximum Gasteiger partial charge on any atom is 0.305 e. The number of allylic oxidation sites excluding steroid dienone is 2. The molecule has 0 bridgehead atoms. The molecule has 0 saturated carbocycles. The third-order valence-electron chi connectivity index (χ3n) is 11.2. The van der Waals surface area contributed by atoms with E-state index in [0.29, 0.717) is 13.0 Å². The van der Waals surface area contributed by atoms with E-state index in [4.69, 9.17) is 4.74 Å². The first-order valence-electron chi connectivity index (χ1n) is 24.1. The van der Waals surface area contributed by atoms with Crippen molar-refractivity contribution in [2.24, 2.45) is 0 Å². The molecule has 2 nitrogen and oxygen atoms in total. The Morgan fingerprint density at radius 3 is 0.843 bits per heavy atom. The molecule has 0 spiro atoms. The molecule has 0 amide bonds. The summed E-state index contributed by atoms with van der Waals surface area (Å²) in [6.45, 7) is 5.22. The number of rotatable bonds is 45. The summed E-state index contributed by atoms with van der Waals surface area (Å²) >= 11 is 0. The molecule has 0 aliphatic rings. The molecular formula is C49H96O2. The lowest BCUT2D eigenvalue weighted by Crippen LogP contribution is -2.05. The SMILES string of the molecule is CCCCCCCC/C=C\CCCCCCCCCCCCOC(=O)CCCCCCCCCCCCCCCCCCCCCCCCCC. The summed E-state index contributed by atoms with van der Waals surface area (Å²) in [6, 6.07) is 0. The topological polar surface area (TPSA) is 26.3 Å². The Bertz CT molecular complexity index is 655. The molecule has 0 N–H and O–H groups in total. The van der Waals surface area contributed by atoms with Crippen LogP contribution in [-0.2, 0) is 9.53 Å². The average Bonchev–Trinajstić information content (AvgIpc) is 3.14. The van der Waals surface area contributed by atoms with Gasteiger partial charge in [-0.2, -0.15) is 0 Å². The molecular weight excluding hydrogens is 621 g/mol. The van der Waals surface area contributed by atoms with E-state index in [1.165, 1.54) is 257 Å². The zero-order valence-electron chi connectivity index (χ0n) is 35.6. The summed E-state index contributed by atoms with van der Waals surface area (Å²) in [5.74, 6) is 0.0297. The fraction of sp³-hybridized carbons (Fsp3) is 0.939. The van der Waals surface area contributed by atoms with Gasteiger partial charge in [0, 0.05) is 6.42 Å². The van der Waals surface area contributed by atoms with Gasteiger partial charge in [-0.3, -0.25) is 4.79 Å². The smallest absolute Gasteiger partial charge is 0.305 e. The van der Waals surface area contributed by atoms with Gasteiger partial charge in [0.15, 0.2) is 0 Å². The third-order valence-corrected chi connectivity index (χ3v) is 11.2. The maximum atomic E-state index is 12.0. The van der Waals surface area contributed by atoms with Crippen LogP contribution in [0.1, 0.15) is 290 Å². The summed E-state index contributed by atoms with van der Waals surface area (Å²) < 4.78 is 5.49. The van der Waals surface area contributed by atoms with Crippen molar-refractivity contribution >= 4 is 5.97 Å². The standard InChI is InChI=1S/C49H96O2/c1-3-5-7-9-11-13-15-17-19-21-23-25-26-27-28-29-31-33-35-37-39-41-43-45-47-49(50)51-48-46-44-42-40-38-36-34-32-30-24-22-20-18-16-14-12-10-8-6-4-2/h18,20H,3-17,19,21-48H2,1-2H3/b20-18-. The first-order valence-corrected chi connectivity index (χ1v) is 24.1. The second-order valence-corrected chi connectivity index (χ2v) is 16.5. The molecule has 0 aromatic rings. The van der Waals surface area contributed by atoms with E-state index in [1.807, 2.05) is 0 Å². The highest BCUT2D eigenvalue weighted by Crippen LogP contribution is 2.17. The van der Waals surface area contributed by atoms with Crippen LogP contribution in [0.15, 0.2) is 12.2 Å². The lowest BCUT2D eigenvalue weighted by atomic mass is 10.0. The van der Waals surface area contributed by atoms with Gasteiger partial charge in [-0.25, -0.2) is 0 Å². The molecule has 0 fully saturated rings. The Kier molecular flexibility index (Phi) is 46.5.